The van der Waals surface area contributed by atoms with Crippen LogP contribution < -0.4 is 0 Å². The van der Waals surface area contributed by atoms with Gasteiger partial charge in [0.05, 0.1) is 0 Å². The molecule has 0 radical (unpaired) electrons. The van der Waals surface area contributed by atoms with E-state index in [4.69, 9.17) is 0 Å². The van der Waals surface area contributed by atoms with Crippen molar-refractivity contribution in [2.75, 3.05) is 27.2 Å². The highest BCUT2D eigenvalue weighted by atomic mass is 15.1. The van der Waals surface area contributed by atoms with Crippen molar-refractivity contribution >= 4 is 5.71 Å². The number of likely N-dealkylation sites (N-methyl/N-ethyl adjacent to an activating group) is 1. The van der Waals surface area contributed by atoms with E-state index in [0.717, 1.165) is 13.0 Å². The predicted molar refractivity (Wildman–Crippen MR) is 58.5 cm³/mol. The van der Waals surface area contributed by atoms with E-state index >= 15 is 0 Å². The van der Waals surface area contributed by atoms with Crippen LogP contribution in [0.25, 0.3) is 0 Å². The van der Waals surface area contributed by atoms with Crippen LogP contribution in [0, 0.1) is 0 Å². The second-order valence-electron chi connectivity index (χ2n) is 3.77. The van der Waals surface area contributed by atoms with Gasteiger partial charge >= 0.3 is 0 Å². The minimum atomic E-state index is 1.06. The molecule has 0 aliphatic carbocycles. The fourth-order valence-corrected chi connectivity index (χ4v) is 1.99. The maximum Gasteiger partial charge on any atom is 0.0374 e. The molecule has 1 aliphatic heterocycles. The maximum atomic E-state index is 4.35. The molecule has 0 fully saturated rings. The number of nitrogens with zero attached hydrogens (tertiary/aromatic N) is 2. The van der Waals surface area contributed by atoms with Crippen LogP contribution in [0.1, 0.15) is 26.7 Å². The summed E-state index contributed by atoms with van der Waals surface area (Å²) in [5.74, 6) is 0. The summed E-state index contributed by atoms with van der Waals surface area (Å²) in [6.07, 6.45) is 2.23. The molecule has 1 aliphatic rings. The summed E-state index contributed by atoms with van der Waals surface area (Å²) < 4.78 is 0. The Morgan fingerprint density at radius 3 is 2.69 bits per heavy atom. The number of hydrogen-bond donors (Lipinski definition) is 0. The molecule has 0 unspecified atom stereocenters. The third-order valence-corrected chi connectivity index (χ3v) is 2.72. The van der Waals surface area contributed by atoms with Crippen molar-refractivity contribution in [1.82, 2.24) is 4.90 Å². The zero-order valence-electron chi connectivity index (χ0n) is 9.22. The Morgan fingerprint density at radius 2 is 2.23 bits per heavy atom. The molecular formula is C11H20N2. The zero-order valence-corrected chi connectivity index (χ0v) is 9.22. The number of aliphatic imine (C=N–C) groups is 1. The zero-order chi connectivity index (χ0) is 9.84. The van der Waals surface area contributed by atoms with Crippen LogP contribution in [-0.4, -0.2) is 37.8 Å². The second kappa shape index (κ2) is 4.56. The molecule has 0 bridgehead atoms. The normalized spacial score (nSPS) is 21.1. The standard InChI is InChI=1S/C11H20N2/c1-5-11(12-3)10-6-7-13(4)8-9(10)2/h5-8H2,1-4H3. The summed E-state index contributed by atoms with van der Waals surface area (Å²) >= 11 is 0. The average molecular weight is 180 g/mol. The lowest BCUT2D eigenvalue weighted by Gasteiger charge is -2.26. The van der Waals surface area contributed by atoms with Crippen molar-refractivity contribution in [3.8, 4) is 0 Å². The first kappa shape index (κ1) is 10.5. The Kier molecular flexibility index (Phi) is 3.67. The molecule has 0 amide bonds. The summed E-state index contributed by atoms with van der Waals surface area (Å²) in [6, 6.07) is 0. The lowest BCUT2D eigenvalue weighted by molar-refractivity contribution is 0.351. The van der Waals surface area contributed by atoms with E-state index in [2.05, 4.69) is 30.8 Å². The fourth-order valence-electron chi connectivity index (χ4n) is 1.99. The third-order valence-electron chi connectivity index (χ3n) is 2.72. The topological polar surface area (TPSA) is 15.6 Å². The van der Waals surface area contributed by atoms with E-state index in [9.17, 15) is 0 Å². The highest BCUT2D eigenvalue weighted by Crippen LogP contribution is 2.19. The van der Waals surface area contributed by atoms with Crippen molar-refractivity contribution in [3.63, 3.8) is 0 Å². The average Bonchev–Trinajstić information content (AvgIpc) is 2.10. The minimum Gasteiger partial charge on any atom is -0.302 e. The van der Waals surface area contributed by atoms with Crippen LogP contribution in [0.15, 0.2) is 16.1 Å². The molecule has 1 heterocycles. The highest BCUT2D eigenvalue weighted by molar-refractivity contribution is 6.00. The van der Waals surface area contributed by atoms with Crippen molar-refractivity contribution < 1.29 is 0 Å². The Labute approximate surface area is 81.3 Å². The monoisotopic (exact) mass is 180 g/mol. The van der Waals surface area contributed by atoms with Crippen LogP contribution in [-0.2, 0) is 0 Å². The van der Waals surface area contributed by atoms with Crippen molar-refractivity contribution in [2.45, 2.75) is 26.7 Å². The lowest BCUT2D eigenvalue weighted by atomic mass is 9.96. The molecule has 0 aromatic heterocycles. The first-order valence-corrected chi connectivity index (χ1v) is 5.02. The van der Waals surface area contributed by atoms with Crippen LogP contribution in [0.4, 0.5) is 0 Å². The van der Waals surface area contributed by atoms with Gasteiger partial charge in [-0.1, -0.05) is 12.5 Å². The van der Waals surface area contributed by atoms with Crippen molar-refractivity contribution in [2.24, 2.45) is 4.99 Å². The van der Waals surface area contributed by atoms with Gasteiger partial charge in [-0.05, 0) is 32.4 Å². The van der Waals surface area contributed by atoms with E-state index in [1.807, 2.05) is 7.05 Å². The molecule has 2 heteroatoms. The molecule has 1 rings (SSSR count). The van der Waals surface area contributed by atoms with E-state index in [0.29, 0.717) is 0 Å². The molecule has 0 N–H and O–H groups in total. The Bertz CT molecular complexity index is 238. The largest absolute Gasteiger partial charge is 0.302 e. The van der Waals surface area contributed by atoms with Gasteiger partial charge in [-0.3, -0.25) is 4.99 Å². The quantitative estimate of drug-likeness (QED) is 0.594. The SMILES string of the molecule is CCC(=NC)C1=C(C)CN(C)CC1. The molecule has 74 valence electrons. The van der Waals surface area contributed by atoms with Crippen molar-refractivity contribution in [3.05, 3.63) is 11.1 Å². The molecular weight excluding hydrogens is 160 g/mol. The van der Waals surface area contributed by atoms with Gasteiger partial charge in [0.25, 0.3) is 0 Å². The third kappa shape index (κ3) is 2.41. The Balaban J connectivity index is 2.84. The minimum absolute atomic E-state index is 1.06. The number of hydrogen-bond acceptors (Lipinski definition) is 2. The van der Waals surface area contributed by atoms with Gasteiger partial charge in [-0.15, -0.1) is 0 Å². The van der Waals surface area contributed by atoms with E-state index in [1.165, 1.54) is 29.8 Å². The molecule has 0 aromatic rings. The van der Waals surface area contributed by atoms with E-state index < -0.39 is 0 Å². The Hall–Kier alpha value is -0.630. The van der Waals surface area contributed by atoms with Gasteiger partial charge in [0.2, 0.25) is 0 Å². The van der Waals surface area contributed by atoms with Gasteiger partial charge in [0.15, 0.2) is 0 Å². The van der Waals surface area contributed by atoms with Gasteiger partial charge < -0.3 is 4.90 Å². The summed E-state index contributed by atoms with van der Waals surface area (Å²) in [5.41, 5.74) is 4.30. The van der Waals surface area contributed by atoms with Gasteiger partial charge in [-0.25, -0.2) is 0 Å². The second-order valence-corrected chi connectivity index (χ2v) is 3.77. The predicted octanol–water partition coefficient (Wildman–Crippen LogP) is 2.12. The summed E-state index contributed by atoms with van der Waals surface area (Å²) in [4.78, 5) is 6.71. The first-order valence-electron chi connectivity index (χ1n) is 5.02. The summed E-state index contributed by atoms with van der Waals surface area (Å²) in [5, 5.41) is 0. The Morgan fingerprint density at radius 1 is 1.54 bits per heavy atom. The van der Waals surface area contributed by atoms with Crippen LogP contribution in [0.2, 0.25) is 0 Å². The van der Waals surface area contributed by atoms with Gasteiger partial charge in [0.1, 0.15) is 0 Å². The first-order chi connectivity index (χ1) is 6.19. The number of rotatable bonds is 2. The molecule has 0 saturated carbocycles. The molecule has 0 aromatic carbocycles. The van der Waals surface area contributed by atoms with E-state index in [-0.39, 0.29) is 0 Å². The van der Waals surface area contributed by atoms with Crippen LogP contribution in [0.5, 0.6) is 0 Å². The fraction of sp³-hybridized carbons (Fsp3) is 0.727. The highest BCUT2D eigenvalue weighted by Gasteiger charge is 2.15. The molecule has 0 spiro atoms. The smallest absolute Gasteiger partial charge is 0.0374 e. The molecule has 13 heavy (non-hydrogen) atoms. The molecule has 0 atom stereocenters. The summed E-state index contributed by atoms with van der Waals surface area (Å²) in [7, 11) is 4.08. The van der Waals surface area contributed by atoms with Crippen LogP contribution in [0.3, 0.4) is 0 Å². The lowest BCUT2D eigenvalue weighted by Crippen LogP contribution is -2.29. The van der Waals surface area contributed by atoms with E-state index in [1.54, 1.807) is 0 Å². The molecule has 0 saturated heterocycles. The van der Waals surface area contributed by atoms with Crippen molar-refractivity contribution in [1.29, 1.82) is 0 Å². The maximum absolute atomic E-state index is 4.35. The van der Waals surface area contributed by atoms with Gasteiger partial charge in [-0.2, -0.15) is 0 Å². The summed E-state index contributed by atoms with van der Waals surface area (Å²) in [6.45, 7) is 6.69. The molecule has 2 nitrogen and oxygen atoms in total. The van der Waals surface area contributed by atoms with Crippen LogP contribution >= 0.6 is 0 Å². The van der Waals surface area contributed by atoms with Gasteiger partial charge in [0, 0.05) is 25.8 Å².